The van der Waals surface area contributed by atoms with E-state index in [-0.39, 0.29) is 18.2 Å². The van der Waals surface area contributed by atoms with Gasteiger partial charge in [0.1, 0.15) is 5.76 Å². The van der Waals surface area contributed by atoms with E-state index in [4.69, 9.17) is 4.42 Å². The molecule has 2 amide bonds. The quantitative estimate of drug-likeness (QED) is 0.766. The van der Waals surface area contributed by atoms with Gasteiger partial charge in [0.05, 0.1) is 18.7 Å². The molecule has 1 saturated heterocycles. The number of furan rings is 1. The monoisotopic (exact) mass is 350 g/mol. The van der Waals surface area contributed by atoms with Gasteiger partial charge in [-0.05, 0) is 24.3 Å². The summed E-state index contributed by atoms with van der Waals surface area (Å²) in [7, 11) is 0. The number of carbonyl (C=O) groups excluding carboxylic acids is 2. The zero-order chi connectivity index (χ0) is 17.9. The van der Waals surface area contributed by atoms with Crippen molar-refractivity contribution in [3.63, 3.8) is 0 Å². The maximum absolute atomic E-state index is 12.6. The minimum Gasteiger partial charge on any atom is -0.467 e. The van der Waals surface area contributed by atoms with Crippen LogP contribution < -0.4 is 5.32 Å². The predicted octanol–water partition coefficient (Wildman–Crippen LogP) is 2.45. The molecule has 1 atom stereocenters. The molecule has 0 spiro atoms. The zero-order valence-corrected chi connectivity index (χ0v) is 14.0. The molecule has 1 aliphatic rings. The molecule has 0 aliphatic carbocycles. The standard InChI is InChI=1S/C19H18N4O3/c24-17-11-14(12-22(17)13-16-7-4-10-26-16)18(25)21-19-20-8-9-23(19)15-5-2-1-3-6-15/h1-10,14H,11-13H2,(H,20,21,25)/t14-/m1/s1. The van der Waals surface area contributed by atoms with Crippen LogP contribution in [0.2, 0.25) is 0 Å². The van der Waals surface area contributed by atoms with Gasteiger partial charge < -0.3 is 9.32 Å². The first-order chi connectivity index (χ1) is 12.7. The summed E-state index contributed by atoms with van der Waals surface area (Å²) in [5, 5.41) is 2.84. The Kier molecular flexibility index (Phi) is 4.27. The number of para-hydroxylation sites is 1. The summed E-state index contributed by atoms with van der Waals surface area (Å²) in [5.41, 5.74) is 0.905. The lowest BCUT2D eigenvalue weighted by Crippen LogP contribution is -2.28. The maximum atomic E-state index is 12.6. The molecule has 0 bridgehead atoms. The first kappa shape index (κ1) is 16.1. The first-order valence-corrected chi connectivity index (χ1v) is 8.40. The maximum Gasteiger partial charge on any atom is 0.232 e. The summed E-state index contributed by atoms with van der Waals surface area (Å²) in [6, 6.07) is 13.2. The molecule has 3 heterocycles. The van der Waals surface area contributed by atoms with Gasteiger partial charge in [0.2, 0.25) is 17.8 Å². The Morgan fingerprint density at radius 1 is 1.23 bits per heavy atom. The molecule has 0 radical (unpaired) electrons. The number of benzene rings is 1. The average molecular weight is 350 g/mol. The second kappa shape index (κ2) is 6.87. The number of nitrogens with one attached hydrogen (secondary N) is 1. The highest BCUT2D eigenvalue weighted by Crippen LogP contribution is 2.22. The van der Waals surface area contributed by atoms with Crippen molar-refractivity contribution < 1.29 is 14.0 Å². The minimum absolute atomic E-state index is 0.0482. The van der Waals surface area contributed by atoms with Crippen molar-refractivity contribution in [3.05, 3.63) is 66.9 Å². The number of rotatable bonds is 5. The van der Waals surface area contributed by atoms with Crippen LogP contribution in [0.1, 0.15) is 12.2 Å². The third kappa shape index (κ3) is 3.23. The largest absolute Gasteiger partial charge is 0.467 e. The molecule has 0 saturated carbocycles. The summed E-state index contributed by atoms with van der Waals surface area (Å²) in [4.78, 5) is 30.7. The molecule has 1 aliphatic heterocycles. The number of hydrogen-bond donors (Lipinski definition) is 1. The van der Waals surface area contributed by atoms with Crippen molar-refractivity contribution in [1.82, 2.24) is 14.5 Å². The van der Waals surface area contributed by atoms with Gasteiger partial charge in [0.25, 0.3) is 0 Å². The normalized spacial score (nSPS) is 16.8. The second-order valence-corrected chi connectivity index (χ2v) is 6.20. The van der Waals surface area contributed by atoms with Crippen LogP contribution in [-0.2, 0) is 16.1 Å². The SMILES string of the molecule is O=C(Nc1nccn1-c1ccccc1)[C@@H]1CC(=O)N(Cc2ccco2)C1. The van der Waals surface area contributed by atoms with E-state index in [0.29, 0.717) is 24.8 Å². The van der Waals surface area contributed by atoms with E-state index < -0.39 is 5.92 Å². The van der Waals surface area contributed by atoms with Gasteiger partial charge in [-0.15, -0.1) is 0 Å². The molecule has 7 heteroatoms. The highest BCUT2D eigenvalue weighted by atomic mass is 16.3. The van der Waals surface area contributed by atoms with Crippen molar-refractivity contribution in [3.8, 4) is 5.69 Å². The second-order valence-electron chi connectivity index (χ2n) is 6.20. The summed E-state index contributed by atoms with van der Waals surface area (Å²) < 4.78 is 7.08. The van der Waals surface area contributed by atoms with Crippen molar-refractivity contribution >= 4 is 17.8 Å². The van der Waals surface area contributed by atoms with Crippen LogP contribution in [0.15, 0.2) is 65.5 Å². The van der Waals surface area contributed by atoms with Gasteiger partial charge in [0.15, 0.2) is 0 Å². The van der Waals surface area contributed by atoms with Crippen molar-refractivity contribution in [2.24, 2.45) is 5.92 Å². The zero-order valence-electron chi connectivity index (χ0n) is 14.0. The van der Waals surface area contributed by atoms with Crippen LogP contribution in [0, 0.1) is 5.92 Å². The first-order valence-electron chi connectivity index (χ1n) is 8.40. The molecule has 132 valence electrons. The molecule has 1 aromatic carbocycles. The number of imidazole rings is 1. The van der Waals surface area contributed by atoms with Crippen molar-refractivity contribution in [2.45, 2.75) is 13.0 Å². The lowest BCUT2D eigenvalue weighted by molar-refractivity contribution is -0.128. The van der Waals surface area contributed by atoms with E-state index >= 15 is 0 Å². The van der Waals surface area contributed by atoms with E-state index in [1.807, 2.05) is 36.4 Å². The van der Waals surface area contributed by atoms with Crippen LogP contribution in [-0.4, -0.2) is 32.8 Å². The Balaban J connectivity index is 1.43. The Hall–Kier alpha value is -3.35. The van der Waals surface area contributed by atoms with E-state index in [0.717, 1.165) is 5.69 Å². The predicted molar refractivity (Wildman–Crippen MR) is 94.4 cm³/mol. The fourth-order valence-electron chi connectivity index (χ4n) is 3.10. The smallest absolute Gasteiger partial charge is 0.232 e. The van der Waals surface area contributed by atoms with Gasteiger partial charge in [-0.2, -0.15) is 0 Å². The molecule has 1 fully saturated rings. The van der Waals surface area contributed by atoms with E-state index in [9.17, 15) is 9.59 Å². The molecule has 2 aromatic heterocycles. The molecule has 26 heavy (non-hydrogen) atoms. The molecule has 7 nitrogen and oxygen atoms in total. The van der Waals surface area contributed by atoms with Gasteiger partial charge in [-0.1, -0.05) is 18.2 Å². The Morgan fingerprint density at radius 2 is 2.08 bits per heavy atom. The molecule has 3 aromatic rings. The molecule has 0 unspecified atom stereocenters. The van der Waals surface area contributed by atoms with Gasteiger partial charge in [0, 0.05) is 31.0 Å². The summed E-state index contributed by atoms with van der Waals surface area (Å²) >= 11 is 0. The Bertz CT molecular complexity index is 902. The number of likely N-dealkylation sites (tertiary alicyclic amines) is 1. The molecular weight excluding hydrogens is 332 g/mol. The summed E-state index contributed by atoms with van der Waals surface area (Å²) in [6.07, 6.45) is 5.18. The topological polar surface area (TPSA) is 80.4 Å². The van der Waals surface area contributed by atoms with Crippen molar-refractivity contribution in [2.75, 3.05) is 11.9 Å². The van der Waals surface area contributed by atoms with Crippen LogP contribution in [0.5, 0.6) is 0 Å². The number of nitrogens with zero attached hydrogens (tertiary/aromatic N) is 3. The third-order valence-corrected chi connectivity index (χ3v) is 4.42. The molecule has 1 N–H and O–H groups in total. The van der Waals surface area contributed by atoms with E-state index in [1.165, 1.54) is 0 Å². The highest BCUT2D eigenvalue weighted by Gasteiger charge is 2.35. The van der Waals surface area contributed by atoms with Gasteiger partial charge in [-0.25, -0.2) is 4.98 Å². The van der Waals surface area contributed by atoms with E-state index in [1.54, 1.807) is 34.2 Å². The highest BCUT2D eigenvalue weighted by molar-refractivity contribution is 5.96. The van der Waals surface area contributed by atoms with Gasteiger partial charge >= 0.3 is 0 Å². The average Bonchev–Trinajstić information content (AvgIpc) is 3.39. The number of amides is 2. The van der Waals surface area contributed by atoms with Gasteiger partial charge in [-0.3, -0.25) is 19.5 Å². The van der Waals surface area contributed by atoms with Crippen LogP contribution in [0.4, 0.5) is 5.95 Å². The Morgan fingerprint density at radius 3 is 2.85 bits per heavy atom. The number of anilines is 1. The van der Waals surface area contributed by atoms with Crippen LogP contribution in [0.25, 0.3) is 5.69 Å². The molecule has 4 rings (SSSR count). The summed E-state index contributed by atoms with van der Waals surface area (Å²) in [5.74, 6) is 0.493. The van der Waals surface area contributed by atoms with E-state index in [2.05, 4.69) is 10.3 Å². The Labute approximate surface area is 150 Å². The fourth-order valence-corrected chi connectivity index (χ4v) is 3.10. The van der Waals surface area contributed by atoms with Crippen LogP contribution in [0.3, 0.4) is 0 Å². The lowest BCUT2D eigenvalue weighted by Gasteiger charge is -2.15. The van der Waals surface area contributed by atoms with Crippen molar-refractivity contribution in [1.29, 1.82) is 0 Å². The fraction of sp³-hybridized carbons (Fsp3) is 0.211. The lowest BCUT2D eigenvalue weighted by atomic mass is 10.1. The number of hydrogen-bond acceptors (Lipinski definition) is 4. The minimum atomic E-state index is -0.404. The molecular formula is C19H18N4O3. The number of aromatic nitrogens is 2. The summed E-state index contributed by atoms with van der Waals surface area (Å²) in [6.45, 7) is 0.756. The third-order valence-electron chi connectivity index (χ3n) is 4.42. The van der Waals surface area contributed by atoms with Crippen LogP contribution >= 0.6 is 0 Å². The number of carbonyl (C=O) groups is 2.